The van der Waals surface area contributed by atoms with Crippen molar-refractivity contribution in [3.8, 4) is 11.5 Å². The number of ether oxygens (including phenoxy) is 2. The number of carbonyl (C=O) groups is 2. The van der Waals surface area contributed by atoms with E-state index >= 15 is 0 Å². The lowest BCUT2D eigenvalue weighted by atomic mass is 10.2. The molecule has 0 radical (unpaired) electrons. The van der Waals surface area contributed by atoms with Gasteiger partial charge in [-0.2, -0.15) is 0 Å². The maximum absolute atomic E-state index is 12.1. The Balaban J connectivity index is 1.24. The summed E-state index contributed by atoms with van der Waals surface area (Å²) in [6.07, 6.45) is 1.94. The standard InChI is InChI=1S/C21H23N3O4/c25-20(16-5-6-16)24-17-3-1-2-14(10-17)12-22-21(26)23-13-15-4-7-18-19(11-15)28-9-8-27-18/h1-4,7,10-11,16H,5-6,8-9,12-13H2,(H,24,25)(H2,22,23,26). The first-order chi connectivity index (χ1) is 13.7. The summed E-state index contributed by atoms with van der Waals surface area (Å²) in [5, 5.41) is 8.57. The Morgan fingerprint density at radius 3 is 2.36 bits per heavy atom. The molecule has 0 saturated heterocycles. The second kappa shape index (κ2) is 8.21. The minimum Gasteiger partial charge on any atom is -0.486 e. The van der Waals surface area contributed by atoms with E-state index in [4.69, 9.17) is 9.47 Å². The summed E-state index contributed by atoms with van der Waals surface area (Å²) >= 11 is 0. The van der Waals surface area contributed by atoms with Crippen LogP contribution in [-0.4, -0.2) is 25.2 Å². The lowest BCUT2D eigenvalue weighted by Gasteiger charge is -2.19. The van der Waals surface area contributed by atoms with E-state index in [1.807, 2.05) is 42.5 Å². The van der Waals surface area contributed by atoms with Crippen molar-refractivity contribution in [3.63, 3.8) is 0 Å². The minimum atomic E-state index is -0.262. The Labute approximate surface area is 163 Å². The number of urea groups is 1. The second-order valence-corrected chi connectivity index (χ2v) is 6.98. The zero-order chi connectivity index (χ0) is 19.3. The molecule has 2 aromatic rings. The van der Waals surface area contributed by atoms with Gasteiger partial charge in [0.2, 0.25) is 5.91 Å². The summed E-state index contributed by atoms with van der Waals surface area (Å²) in [7, 11) is 0. The molecule has 1 fully saturated rings. The third-order valence-electron chi connectivity index (χ3n) is 4.66. The first-order valence-electron chi connectivity index (χ1n) is 9.47. The molecule has 7 heteroatoms. The van der Waals surface area contributed by atoms with Crippen molar-refractivity contribution in [3.05, 3.63) is 53.6 Å². The van der Waals surface area contributed by atoms with Crippen molar-refractivity contribution in [2.75, 3.05) is 18.5 Å². The maximum Gasteiger partial charge on any atom is 0.315 e. The van der Waals surface area contributed by atoms with Crippen LogP contribution in [0.5, 0.6) is 11.5 Å². The fraction of sp³-hybridized carbons (Fsp3) is 0.333. The molecular formula is C21H23N3O4. The van der Waals surface area contributed by atoms with Crippen LogP contribution in [0.25, 0.3) is 0 Å². The lowest BCUT2D eigenvalue weighted by molar-refractivity contribution is -0.117. The van der Waals surface area contributed by atoms with Gasteiger partial charge >= 0.3 is 6.03 Å². The number of fused-ring (bicyclic) bond motifs is 1. The normalized spacial score (nSPS) is 14.9. The average molecular weight is 381 g/mol. The van der Waals surface area contributed by atoms with Crippen LogP contribution in [0.3, 0.4) is 0 Å². The minimum absolute atomic E-state index is 0.0716. The molecule has 0 spiro atoms. The molecule has 1 saturated carbocycles. The van der Waals surface area contributed by atoms with E-state index in [0.717, 1.165) is 35.4 Å². The fourth-order valence-corrected chi connectivity index (χ4v) is 2.97. The first kappa shape index (κ1) is 18.2. The predicted molar refractivity (Wildman–Crippen MR) is 104 cm³/mol. The highest BCUT2D eigenvalue weighted by atomic mass is 16.6. The fourth-order valence-electron chi connectivity index (χ4n) is 2.97. The van der Waals surface area contributed by atoms with Gasteiger partial charge in [0.1, 0.15) is 13.2 Å². The van der Waals surface area contributed by atoms with Gasteiger partial charge in [-0.1, -0.05) is 18.2 Å². The molecule has 3 N–H and O–H groups in total. The maximum atomic E-state index is 12.1. The molecule has 2 aromatic carbocycles. The average Bonchev–Trinajstić information content (AvgIpc) is 3.56. The number of benzene rings is 2. The van der Waals surface area contributed by atoms with Gasteiger partial charge in [0.05, 0.1) is 0 Å². The van der Waals surface area contributed by atoms with Crippen molar-refractivity contribution >= 4 is 17.6 Å². The molecule has 0 bridgehead atoms. The summed E-state index contributed by atoms with van der Waals surface area (Å²) in [5.41, 5.74) is 2.61. The van der Waals surface area contributed by atoms with Crippen LogP contribution >= 0.6 is 0 Å². The number of hydrogen-bond donors (Lipinski definition) is 3. The predicted octanol–water partition coefficient (Wildman–Crippen LogP) is 2.81. The largest absolute Gasteiger partial charge is 0.486 e. The molecule has 146 valence electrons. The van der Waals surface area contributed by atoms with Gasteiger partial charge in [0, 0.05) is 24.7 Å². The van der Waals surface area contributed by atoms with Crippen LogP contribution in [0.2, 0.25) is 0 Å². The SMILES string of the molecule is O=C(NCc1cccc(NC(=O)C2CC2)c1)NCc1ccc2c(c1)OCCO2. The van der Waals surface area contributed by atoms with E-state index in [2.05, 4.69) is 16.0 Å². The third kappa shape index (κ3) is 4.73. The Morgan fingerprint density at radius 2 is 1.61 bits per heavy atom. The van der Waals surface area contributed by atoms with Crippen LogP contribution < -0.4 is 25.4 Å². The number of amides is 3. The Kier molecular flexibility index (Phi) is 5.32. The second-order valence-electron chi connectivity index (χ2n) is 6.98. The molecule has 0 atom stereocenters. The van der Waals surface area contributed by atoms with Crippen molar-refractivity contribution in [1.29, 1.82) is 0 Å². The quantitative estimate of drug-likeness (QED) is 0.718. The summed E-state index contributed by atoms with van der Waals surface area (Å²) < 4.78 is 11.0. The Bertz CT molecular complexity index is 880. The van der Waals surface area contributed by atoms with Gasteiger partial charge in [-0.3, -0.25) is 4.79 Å². The number of carbonyl (C=O) groups excluding carboxylic acids is 2. The summed E-state index contributed by atoms with van der Waals surface area (Å²) in [6.45, 7) is 1.85. The number of rotatable bonds is 6. The smallest absolute Gasteiger partial charge is 0.315 e. The molecule has 1 heterocycles. The number of anilines is 1. The third-order valence-corrected chi connectivity index (χ3v) is 4.66. The van der Waals surface area contributed by atoms with Crippen LogP contribution in [0.4, 0.5) is 10.5 Å². The first-order valence-corrected chi connectivity index (χ1v) is 9.47. The van der Waals surface area contributed by atoms with E-state index in [0.29, 0.717) is 32.1 Å². The number of nitrogens with one attached hydrogen (secondary N) is 3. The highest BCUT2D eigenvalue weighted by Crippen LogP contribution is 2.31. The Hall–Kier alpha value is -3.22. The van der Waals surface area contributed by atoms with E-state index in [9.17, 15) is 9.59 Å². The lowest BCUT2D eigenvalue weighted by Crippen LogP contribution is -2.34. The van der Waals surface area contributed by atoms with Crippen LogP contribution in [0.15, 0.2) is 42.5 Å². The molecule has 7 nitrogen and oxygen atoms in total. The van der Waals surface area contributed by atoms with E-state index in [1.165, 1.54) is 0 Å². The zero-order valence-electron chi connectivity index (χ0n) is 15.5. The van der Waals surface area contributed by atoms with Crippen LogP contribution in [0.1, 0.15) is 24.0 Å². The summed E-state index contributed by atoms with van der Waals surface area (Å²) in [5.74, 6) is 1.67. The van der Waals surface area contributed by atoms with Crippen molar-refractivity contribution in [1.82, 2.24) is 10.6 Å². The molecular weight excluding hydrogens is 358 g/mol. The topological polar surface area (TPSA) is 88.7 Å². The zero-order valence-corrected chi connectivity index (χ0v) is 15.5. The molecule has 4 rings (SSSR count). The Morgan fingerprint density at radius 1 is 0.893 bits per heavy atom. The van der Waals surface area contributed by atoms with Crippen molar-refractivity contribution in [2.45, 2.75) is 25.9 Å². The number of hydrogen-bond acceptors (Lipinski definition) is 4. The van der Waals surface area contributed by atoms with Crippen LogP contribution in [-0.2, 0) is 17.9 Å². The van der Waals surface area contributed by atoms with Gasteiger partial charge in [-0.15, -0.1) is 0 Å². The molecule has 2 aliphatic rings. The molecule has 28 heavy (non-hydrogen) atoms. The van der Waals surface area contributed by atoms with Gasteiger partial charge in [0.25, 0.3) is 0 Å². The van der Waals surface area contributed by atoms with Crippen LogP contribution in [0, 0.1) is 5.92 Å². The van der Waals surface area contributed by atoms with Gasteiger partial charge in [-0.25, -0.2) is 4.79 Å². The molecule has 3 amide bonds. The molecule has 1 aliphatic carbocycles. The van der Waals surface area contributed by atoms with Crippen molar-refractivity contribution < 1.29 is 19.1 Å². The monoisotopic (exact) mass is 381 g/mol. The molecule has 0 unspecified atom stereocenters. The van der Waals surface area contributed by atoms with E-state index < -0.39 is 0 Å². The van der Waals surface area contributed by atoms with Crippen molar-refractivity contribution in [2.24, 2.45) is 5.92 Å². The van der Waals surface area contributed by atoms with E-state index in [1.54, 1.807) is 0 Å². The highest BCUT2D eigenvalue weighted by molar-refractivity contribution is 5.94. The summed E-state index contributed by atoms with van der Waals surface area (Å²) in [6, 6.07) is 12.9. The molecule has 1 aliphatic heterocycles. The summed E-state index contributed by atoms with van der Waals surface area (Å²) in [4.78, 5) is 23.9. The van der Waals surface area contributed by atoms with Gasteiger partial charge in [-0.05, 0) is 48.2 Å². The van der Waals surface area contributed by atoms with Gasteiger partial charge < -0.3 is 25.4 Å². The highest BCUT2D eigenvalue weighted by Gasteiger charge is 2.29. The van der Waals surface area contributed by atoms with E-state index in [-0.39, 0.29) is 17.9 Å². The van der Waals surface area contributed by atoms with Gasteiger partial charge in [0.15, 0.2) is 11.5 Å². The molecule has 0 aromatic heterocycles.